The molecule has 1 aliphatic rings. The molecule has 3 heterocycles. The Bertz CT molecular complexity index is 1630. The van der Waals surface area contributed by atoms with Crippen molar-refractivity contribution in [2.45, 2.75) is 0 Å². The molecule has 1 saturated heterocycles. The van der Waals surface area contributed by atoms with Gasteiger partial charge in [0.1, 0.15) is 11.5 Å². The quantitative estimate of drug-likeness (QED) is 0.168. The number of anilines is 6. The molecule has 0 atom stereocenters. The standard InChI is InChI=1S/C32H34ClN9O2/c1-43-25-8-4-23(5-9-25)36-30-38-31(37-24-6-10-26(44-2)11-7-24)40-32(39-30)42-19-17-41(18-20-42)16-15-35-28-13-14-34-29-21-22(33)3-12-27(28)29/h3-14,21H,15-20H2,1-2H3,(H,34,35)(H2,36,37,38,39,40). The molecule has 0 amide bonds. The van der Waals surface area contributed by atoms with Crippen molar-refractivity contribution in [2.75, 3.05) is 74.3 Å². The first-order chi connectivity index (χ1) is 21.6. The predicted molar refractivity (Wildman–Crippen MR) is 176 cm³/mol. The molecule has 0 unspecified atom stereocenters. The van der Waals surface area contributed by atoms with Crippen molar-refractivity contribution < 1.29 is 9.47 Å². The number of fused-ring (bicyclic) bond motifs is 1. The normalized spacial score (nSPS) is 13.5. The van der Waals surface area contributed by atoms with Crippen LogP contribution in [0.5, 0.6) is 11.5 Å². The van der Waals surface area contributed by atoms with Crippen LogP contribution in [0, 0.1) is 0 Å². The summed E-state index contributed by atoms with van der Waals surface area (Å²) in [4.78, 5) is 23.3. The van der Waals surface area contributed by atoms with E-state index in [9.17, 15) is 0 Å². The first-order valence-electron chi connectivity index (χ1n) is 14.4. The van der Waals surface area contributed by atoms with Gasteiger partial charge in [-0.2, -0.15) is 15.0 Å². The number of ether oxygens (including phenoxy) is 2. The van der Waals surface area contributed by atoms with E-state index in [0.717, 1.165) is 78.7 Å². The van der Waals surface area contributed by atoms with Crippen molar-refractivity contribution in [1.29, 1.82) is 0 Å². The Morgan fingerprint density at radius 2 is 1.36 bits per heavy atom. The van der Waals surface area contributed by atoms with E-state index in [2.05, 4.69) is 35.7 Å². The Labute approximate surface area is 261 Å². The van der Waals surface area contributed by atoms with Crippen LogP contribution in [0.3, 0.4) is 0 Å². The maximum absolute atomic E-state index is 6.14. The van der Waals surface area contributed by atoms with Crippen molar-refractivity contribution in [3.8, 4) is 11.5 Å². The van der Waals surface area contributed by atoms with Crippen LogP contribution < -0.4 is 30.3 Å². The van der Waals surface area contributed by atoms with E-state index in [-0.39, 0.29) is 0 Å². The minimum absolute atomic E-state index is 0.452. The summed E-state index contributed by atoms with van der Waals surface area (Å²) in [7, 11) is 3.29. The maximum Gasteiger partial charge on any atom is 0.233 e. The second-order valence-electron chi connectivity index (χ2n) is 10.3. The van der Waals surface area contributed by atoms with Crippen LogP contribution in [0.1, 0.15) is 0 Å². The lowest BCUT2D eigenvalue weighted by Crippen LogP contribution is -2.48. The molecule has 1 fully saturated rings. The second kappa shape index (κ2) is 13.6. The Balaban J connectivity index is 1.11. The minimum atomic E-state index is 0.452. The number of hydrogen-bond acceptors (Lipinski definition) is 11. The number of hydrogen-bond donors (Lipinski definition) is 3. The number of rotatable bonds is 11. The number of nitrogens with zero attached hydrogens (tertiary/aromatic N) is 6. The van der Waals surface area contributed by atoms with Gasteiger partial charge in [0.2, 0.25) is 17.8 Å². The summed E-state index contributed by atoms with van der Waals surface area (Å²) < 4.78 is 10.6. The van der Waals surface area contributed by atoms with Crippen LogP contribution in [-0.4, -0.2) is 78.3 Å². The van der Waals surface area contributed by atoms with Crippen LogP contribution in [-0.2, 0) is 0 Å². The summed E-state index contributed by atoms with van der Waals surface area (Å²) in [6.07, 6.45) is 1.81. The highest BCUT2D eigenvalue weighted by Crippen LogP contribution is 2.25. The molecule has 3 aromatic carbocycles. The Morgan fingerprint density at radius 3 is 1.95 bits per heavy atom. The molecule has 11 nitrogen and oxygen atoms in total. The van der Waals surface area contributed by atoms with Gasteiger partial charge in [0, 0.05) is 72.9 Å². The summed E-state index contributed by atoms with van der Waals surface area (Å²) in [5.74, 6) is 3.08. The van der Waals surface area contributed by atoms with Crippen LogP contribution in [0.2, 0.25) is 5.02 Å². The largest absolute Gasteiger partial charge is 0.497 e. The van der Waals surface area contributed by atoms with Gasteiger partial charge in [-0.3, -0.25) is 9.88 Å². The smallest absolute Gasteiger partial charge is 0.233 e. The molecule has 0 saturated carbocycles. The summed E-state index contributed by atoms with van der Waals surface area (Å²) in [6.45, 7) is 5.11. The van der Waals surface area contributed by atoms with Gasteiger partial charge in [-0.05, 0) is 72.8 Å². The monoisotopic (exact) mass is 611 g/mol. The Kier molecular flexibility index (Phi) is 9.04. The van der Waals surface area contributed by atoms with Crippen molar-refractivity contribution in [3.63, 3.8) is 0 Å². The fraction of sp³-hybridized carbons (Fsp3) is 0.250. The van der Waals surface area contributed by atoms with E-state index in [0.29, 0.717) is 22.9 Å². The lowest BCUT2D eigenvalue weighted by atomic mass is 10.2. The summed E-state index contributed by atoms with van der Waals surface area (Å²) in [5, 5.41) is 11.9. The minimum Gasteiger partial charge on any atom is -0.497 e. The molecular weight excluding hydrogens is 578 g/mol. The number of nitrogens with one attached hydrogen (secondary N) is 3. The maximum atomic E-state index is 6.14. The zero-order valence-corrected chi connectivity index (χ0v) is 25.4. The van der Waals surface area contributed by atoms with E-state index in [1.807, 2.05) is 79.0 Å². The zero-order chi connectivity index (χ0) is 30.3. The van der Waals surface area contributed by atoms with E-state index in [4.69, 9.17) is 31.0 Å². The SMILES string of the molecule is COc1ccc(Nc2nc(Nc3ccc(OC)cc3)nc(N3CCN(CCNc4ccnc5cc(Cl)ccc45)CC3)n2)cc1. The Hall–Kier alpha value is -4.87. The molecule has 12 heteroatoms. The molecule has 5 aromatic rings. The van der Waals surface area contributed by atoms with Gasteiger partial charge in [0.25, 0.3) is 0 Å². The molecule has 0 spiro atoms. The molecule has 1 aliphatic heterocycles. The number of benzene rings is 3. The summed E-state index contributed by atoms with van der Waals surface area (Å²) in [6, 6.07) is 23.1. The molecule has 2 aromatic heterocycles. The molecular formula is C32H34ClN9O2. The fourth-order valence-corrected chi connectivity index (χ4v) is 5.19. The molecule has 0 radical (unpaired) electrons. The molecule has 3 N–H and O–H groups in total. The number of piperazine rings is 1. The topological polar surface area (TPSA) is 113 Å². The van der Waals surface area contributed by atoms with Crippen molar-refractivity contribution in [3.05, 3.63) is 84.0 Å². The van der Waals surface area contributed by atoms with Gasteiger partial charge < -0.3 is 30.3 Å². The first-order valence-corrected chi connectivity index (χ1v) is 14.8. The third-order valence-electron chi connectivity index (χ3n) is 7.42. The lowest BCUT2D eigenvalue weighted by Gasteiger charge is -2.34. The summed E-state index contributed by atoms with van der Waals surface area (Å²) in [5.41, 5.74) is 3.64. The van der Waals surface area contributed by atoms with Crippen molar-refractivity contribution in [2.24, 2.45) is 0 Å². The highest BCUT2D eigenvalue weighted by atomic mass is 35.5. The average molecular weight is 612 g/mol. The molecule has 44 heavy (non-hydrogen) atoms. The van der Waals surface area contributed by atoms with E-state index in [1.54, 1.807) is 14.2 Å². The van der Waals surface area contributed by atoms with Gasteiger partial charge in [-0.25, -0.2) is 0 Å². The van der Waals surface area contributed by atoms with E-state index < -0.39 is 0 Å². The van der Waals surface area contributed by atoms with Gasteiger partial charge >= 0.3 is 0 Å². The van der Waals surface area contributed by atoms with Crippen molar-refractivity contribution >= 4 is 57.4 Å². The predicted octanol–water partition coefficient (Wildman–Crippen LogP) is 5.81. The average Bonchev–Trinajstić information content (AvgIpc) is 3.05. The van der Waals surface area contributed by atoms with E-state index >= 15 is 0 Å². The second-order valence-corrected chi connectivity index (χ2v) is 10.7. The van der Waals surface area contributed by atoms with Crippen molar-refractivity contribution in [1.82, 2.24) is 24.8 Å². The van der Waals surface area contributed by atoms with Crippen LogP contribution >= 0.6 is 11.6 Å². The van der Waals surface area contributed by atoms with Gasteiger partial charge in [-0.1, -0.05) is 11.6 Å². The lowest BCUT2D eigenvalue weighted by molar-refractivity contribution is 0.266. The highest BCUT2D eigenvalue weighted by Gasteiger charge is 2.21. The first kappa shape index (κ1) is 29.2. The molecule has 0 bridgehead atoms. The molecule has 0 aliphatic carbocycles. The Morgan fingerprint density at radius 1 is 0.750 bits per heavy atom. The van der Waals surface area contributed by atoms with Crippen LogP contribution in [0.4, 0.5) is 34.9 Å². The number of halogens is 1. The third-order valence-corrected chi connectivity index (χ3v) is 7.65. The van der Waals surface area contributed by atoms with E-state index in [1.165, 1.54) is 0 Å². The van der Waals surface area contributed by atoms with Gasteiger partial charge in [0.05, 0.1) is 19.7 Å². The van der Waals surface area contributed by atoms with Crippen LogP contribution in [0.15, 0.2) is 79.0 Å². The number of aromatic nitrogens is 4. The number of pyridine rings is 1. The molecule has 226 valence electrons. The highest BCUT2D eigenvalue weighted by molar-refractivity contribution is 6.31. The third kappa shape index (κ3) is 7.19. The van der Waals surface area contributed by atoms with Gasteiger partial charge in [0.15, 0.2) is 0 Å². The zero-order valence-electron chi connectivity index (χ0n) is 24.6. The van der Waals surface area contributed by atoms with Gasteiger partial charge in [-0.15, -0.1) is 0 Å². The molecule has 6 rings (SSSR count). The fourth-order valence-electron chi connectivity index (χ4n) is 5.02. The van der Waals surface area contributed by atoms with Crippen LogP contribution in [0.25, 0.3) is 10.9 Å². The summed E-state index contributed by atoms with van der Waals surface area (Å²) >= 11 is 6.14. The number of methoxy groups -OCH3 is 2.